The Bertz CT molecular complexity index is 16.9. The van der Waals surface area contributed by atoms with Crippen LogP contribution in [-0.2, 0) is 0 Å². The van der Waals surface area contributed by atoms with E-state index < -0.39 is 0 Å². The average molecular weight is 298 g/mol. The van der Waals surface area contributed by atoms with Gasteiger partial charge in [-0.2, -0.15) is 0 Å². The predicted molar refractivity (Wildman–Crippen MR) is 35.0 cm³/mol. The minimum atomic E-state index is 0. The summed E-state index contributed by atoms with van der Waals surface area (Å²) in [6.45, 7) is 4.36. The molecule has 0 fully saturated rings. The molecule has 0 aliphatic rings. The van der Waals surface area contributed by atoms with Crippen molar-refractivity contribution in [1.82, 2.24) is 0 Å². The summed E-state index contributed by atoms with van der Waals surface area (Å²) in [6.07, 6.45) is 2.64. The van der Waals surface area contributed by atoms with E-state index in [1.54, 1.807) is 0 Å². The van der Waals surface area contributed by atoms with E-state index >= 15 is 0 Å². The quantitative estimate of drug-likeness (QED) is 0.435. The molecule has 0 N–H and O–H groups in total. The third-order valence-corrected chi connectivity index (χ3v) is 0.500. The molecule has 7 heavy (non-hydrogen) atoms. The standard InChI is InChI=1S/C4H10.CH3.Ba.Rb.2H/c1-3-4-2;;;;;/h3-4H2,1-2H3;1H3;;;;/q;-1;+2;+1;2*-1. The normalized spacial score (nSPS) is 4.29. The maximum absolute atomic E-state index is 2.18. The fourth-order valence-electron chi connectivity index (χ4n) is 0. The van der Waals surface area contributed by atoms with Crippen molar-refractivity contribution in [1.29, 1.82) is 0 Å². The monoisotopic (exact) mass is 298 g/mol. The smallest absolute Gasteiger partial charge is 1.00 e. The van der Waals surface area contributed by atoms with Crippen LogP contribution in [-0.4, -0.2) is 48.9 Å². The van der Waals surface area contributed by atoms with E-state index in [9.17, 15) is 0 Å². The predicted octanol–water partition coefficient (Wildman–Crippen LogP) is -0.895. The van der Waals surface area contributed by atoms with Crippen LogP contribution in [0, 0.1) is 7.43 Å². The summed E-state index contributed by atoms with van der Waals surface area (Å²) in [5.41, 5.74) is 0. The molecule has 0 atom stereocenters. The third-order valence-electron chi connectivity index (χ3n) is 0.500. The molecule has 0 spiro atoms. The Hall–Kier alpha value is 3.38. The minimum absolute atomic E-state index is 0. The van der Waals surface area contributed by atoms with Crippen molar-refractivity contribution in [3.8, 4) is 0 Å². The van der Waals surface area contributed by atoms with E-state index in [-0.39, 0.29) is 117 Å². The van der Waals surface area contributed by atoms with Gasteiger partial charge >= 0.3 is 107 Å². The van der Waals surface area contributed by atoms with Gasteiger partial charge in [-0.3, -0.25) is 0 Å². The van der Waals surface area contributed by atoms with E-state index in [1.165, 1.54) is 12.8 Å². The molecule has 0 aromatic carbocycles. The number of unbranched alkanes of at least 4 members (excludes halogenated alkanes) is 1. The van der Waals surface area contributed by atoms with E-state index in [0.29, 0.717) is 0 Å². The SMILES string of the molecule is CCCC.[Ba+2].[CH3-].[H-].[H-].[Rb+]. The molecule has 0 aromatic heterocycles. The van der Waals surface area contributed by atoms with Gasteiger partial charge in [-0.05, 0) is 0 Å². The van der Waals surface area contributed by atoms with Gasteiger partial charge in [0.25, 0.3) is 0 Å². The summed E-state index contributed by atoms with van der Waals surface area (Å²) in [5.74, 6) is 0. The molecule has 0 aromatic rings. The summed E-state index contributed by atoms with van der Waals surface area (Å²) in [7, 11) is 0. The van der Waals surface area contributed by atoms with Crippen LogP contribution in [0.5, 0.6) is 0 Å². The Morgan fingerprint density at radius 2 is 1.29 bits per heavy atom. The zero-order valence-corrected chi connectivity index (χ0v) is 15.5. The summed E-state index contributed by atoms with van der Waals surface area (Å²) < 4.78 is 0. The van der Waals surface area contributed by atoms with Crippen molar-refractivity contribution in [2.24, 2.45) is 0 Å². The van der Waals surface area contributed by atoms with Gasteiger partial charge in [-0.15, -0.1) is 0 Å². The van der Waals surface area contributed by atoms with Crippen LogP contribution in [0.25, 0.3) is 0 Å². The van der Waals surface area contributed by atoms with Gasteiger partial charge in [-0.25, -0.2) is 0 Å². The Morgan fingerprint density at radius 1 is 1.14 bits per heavy atom. The van der Waals surface area contributed by atoms with Crippen LogP contribution in [0.3, 0.4) is 0 Å². The first-order valence-electron chi connectivity index (χ1n) is 1.91. The summed E-state index contributed by atoms with van der Waals surface area (Å²) in [5, 5.41) is 0. The maximum Gasteiger partial charge on any atom is 2.00 e. The molecule has 0 saturated carbocycles. The molecule has 0 nitrogen and oxygen atoms in total. The zero-order chi connectivity index (χ0) is 3.41. The first-order valence-corrected chi connectivity index (χ1v) is 1.91. The molecule has 0 aliphatic carbocycles. The summed E-state index contributed by atoms with van der Waals surface area (Å²) in [4.78, 5) is 0. The molecule has 0 radical (unpaired) electrons. The van der Waals surface area contributed by atoms with Gasteiger partial charge in [0.05, 0.1) is 0 Å². The zero-order valence-electron chi connectivity index (χ0n) is 8.12. The largest absolute Gasteiger partial charge is 2.00 e. The van der Waals surface area contributed by atoms with Crippen LogP contribution in [0.1, 0.15) is 29.5 Å². The van der Waals surface area contributed by atoms with E-state index in [0.717, 1.165) is 0 Å². The fourth-order valence-corrected chi connectivity index (χ4v) is 0. The van der Waals surface area contributed by atoms with Crippen LogP contribution in [0.2, 0.25) is 0 Å². The second-order valence-electron chi connectivity index (χ2n) is 1.000. The Kier molecular flexibility index (Phi) is 73.0. The molecular weight excluding hydrogens is 283 g/mol. The number of hydrogen-bond donors (Lipinski definition) is 0. The molecule has 0 heterocycles. The first-order chi connectivity index (χ1) is 1.91. The number of rotatable bonds is 1. The van der Waals surface area contributed by atoms with Crippen molar-refractivity contribution in [3.05, 3.63) is 7.43 Å². The molecule has 0 unspecified atom stereocenters. The van der Waals surface area contributed by atoms with Crippen molar-refractivity contribution < 1.29 is 61.0 Å². The third kappa shape index (κ3) is 26.6. The van der Waals surface area contributed by atoms with Crippen molar-refractivity contribution in [2.45, 2.75) is 26.7 Å². The fraction of sp³-hybridized carbons (Fsp3) is 0.800. The first kappa shape index (κ1) is 22.4. The average Bonchev–Trinajstić information content (AvgIpc) is 1.37. The van der Waals surface area contributed by atoms with Crippen LogP contribution in [0.15, 0.2) is 0 Å². The van der Waals surface area contributed by atoms with Crippen LogP contribution in [0.4, 0.5) is 0 Å². The summed E-state index contributed by atoms with van der Waals surface area (Å²) in [6, 6.07) is 0. The molecule has 0 bridgehead atoms. The van der Waals surface area contributed by atoms with Gasteiger partial charge in [0.1, 0.15) is 0 Å². The van der Waals surface area contributed by atoms with Gasteiger partial charge < -0.3 is 10.3 Å². The van der Waals surface area contributed by atoms with Gasteiger partial charge in [-0.1, -0.05) is 26.7 Å². The van der Waals surface area contributed by atoms with Crippen molar-refractivity contribution >= 4 is 48.9 Å². The number of hydrogen-bond acceptors (Lipinski definition) is 0. The molecule has 0 saturated heterocycles. The van der Waals surface area contributed by atoms with Crippen molar-refractivity contribution in [3.63, 3.8) is 0 Å². The molecular formula is C5H15BaRb. The molecule has 0 amide bonds. The van der Waals surface area contributed by atoms with Crippen LogP contribution >= 0.6 is 0 Å². The van der Waals surface area contributed by atoms with Gasteiger partial charge in [0, 0.05) is 0 Å². The topological polar surface area (TPSA) is 0 Å². The van der Waals surface area contributed by atoms with Gasteiger partial charge in [0.15, 0.2) is 0 Å². The minimum Gasteiger partial charge on any atom is -1.00 e. The Morgan fingerprint density at radius 3 is 1.29 bits per heavy atom. The summed E-state index contributed by atoms with van der Waals surface area (Å²) >= 11 is 0. The second-order valence-corrected chi connectivity index (χ2v) is 1.000. The molecule has 0 aliphatic heterocycles. The van der Waals surface area contributed by atoms with Gasteiger partial charge in [0.2, 0.25) is 0 Å². The molecule has 0 rings (SSSR count). The van der Waals surface area contributed by atoms with Crippen molar-refractivity contribution in [2.75, 3.05) is 0 Å². The van der Waals surface area contributed by atoms with E-state index in [4.69, 9.17) is 0 Å². The van der Waals surface area contributed by atoms with E-state index in [1.807, 2.05) is 0 Å². The van der Waals surface area contributed by atoms with Crippen LogP contribution < -0.4 is 58.2 Å². The van der Waals surface area contributed by atoms with E-state index in [2.05, 4.69) is 13.8 Å². The maximum atomic E-state index is 2.18. The molecule has 2 heteroatoms. The Balaban J connectivity index is -0.00000000450. The second kappa shape index (κ2) is 22.8. The Labute approximate surface area is 140 Å². The molecule has 38 valence electrons.